The molecule has 2 aromatic rings. The lowest BCUT2D eigenvalue weighted by molar-refractivity contribution is -0.146. The minimum Gasteiger partial charge on any atom is -0.394 e. The van der Waals surface area contributed by atoms with Gasteiger partial charge in [-0.1, -0.05) is 60.7 Å². The monoisotopic (exact) mass is 601 g/mol. The minimum absolute atomic E-state index is 0.0823. The van der Waals surface area contributed by atoms with Crippen LogP contribution >= 0.6 is 11.8 Å². The van der Waals surface area contributed by atoms with Crippen molar-refractivity contribution in [2.75, 3.05) is 24.6 Å². The number of carbonyl (C=O) groups is 3. The van der Waals surface area contributed by atoms with E-state index in [0.29, 0.717) is 19.5 Å². The topological polar surface area (TPSA) is 81.2 Å². The number of amides is 3. The molecule has 3 aliphatic rings. The first-order valence-electron chi connectivity index (χ1n) is 15.1. The fraction of sp³-hybridized carbons (Fsp3) is 0.457. The van der Waals surface area contributed by atoms with Gasteiger partial charge in [0, 0.05) is 30.1 Å². The average Bonchev–Trinajstić information content (AvgIpc) is 3.56. The molecule has 5 rings (SSSR count). The summed E-state index contributed by atoms with van der Waals surface area (Å²) in [6.07, 6.45) is 4.80. The summed E-state index contributed by atoms with van der Waals surface area (Å²) < 4.78 is -1.28. The Balaban J connectivity index is 1.59. The van der Waals surface area contributed by atoms with Gasteiger partial charge < -0.3 is 19.8 Å². The van der Waals surface area contributed by atoms with Gasteiger partial charge in [0.05, 0.1) is 29.2 Å². The van der Waals surface area contributed by atoms with Crippen LogP contribution in [0.3, 0.4) is 0 Å². The van der Waals surface area contributed by atoms with Crippen molar-refractivity contribution in [3.05, 3.63) is 90.5 Å². The molecule has 8 heteroatoms. The molecule has 1 N–H and O–H groups in total. The largest absolute Gasteiger partial charge is 0.394 e. The van der Waals surface area contributed by atoms with Crippen molar-refractivity contribution in [2.45, 2.75) is 68.7 Å². The van der Waals surface area contributed by atoms with Gasteiger partial charge in [-0.3, -0.25) is 14.4 Å². The number of hydrogen-bond donors (Lipinski definition) is 1. The molecule has 3 fully saturated rings. The molecular formula is C35H43N3O4S. The first-order chi connectivity index (χ1) is 20.5. The third-order valence-electron chi connectivity index (χ3n) is 9.62. The molecule has 0 aromatic heterocycles. The zero-order valence-corrected chi connectivity index (χ0v) is 26.5. The van der Waals surface area contributed by atoms with E-state index < -0.39 is 33.4 Å². The number of likely N-dealkylation sites (tertiary alicyclic amines) is 1. The summed E-state index contributed by atoms with van der Waals surface area (Å²) >= 11 is 1.65. The van der Waals surface area contributed by atoms with Crippen molar-refractivity contribution in [3.8, 4) is 0 Å². The highest BCUT2D eigenvalue weighted by Gasteiger charge is 2.78. The molecule has 2 bridgehead atoms. The molecule has 3 amide bonds. The molecule has 6 atom stereocenters. The number of aliphatic hydroxyl groups is 1. The molecule has 43 heavy (non-hydrogen) atoms. The van der Waals surface area contributed by atoms with Crippen LogP contribution in [0.5, 0.6) is 0 Å². The normalized spacial score (nSPS) is 28.0. The molecule has 2 aromatic carbocycles. The number of benzene rings is 2. The molecule has 3 aliphatic heterocycles. The Morgan fingerprint density at radius 2 is 1.70 bits per heavy atom. The van der Waals surface area contributed by atoms with E-state index in [1.54, 1.807) is 45.5 Å². The van der Waals surface area contributed by atoms with E-state index in [9.17, 15) is 19.5 Å². The Hall–Kier alpha value is -3.36. The van der Waals surface area contributed by atoms with E-state index >= 15 is 0 Å². The standard InChI is InChI=1S/C35H43N3O4S/c1-7-19-36(21-26-15-10-9-11-16-26)31(40)27-28-32(41)38(25(5)22-39)30(35(28)18-17-34(27,6)43-35)33(42)37(20-8-2)29-23(3)13-12-14-24(29)4/h7-16,25,27-28,30,39H,1-2,17-22H2,3-6H3/t25-,27+,28+,30?,34-,35?/m1/s1. The maximum atomic E-state index is 14.9. The molecule has 3 heterocycles. The number of hydrogen-bond acceptors (Lipinski definition) is 5. The molecule has 1 spiro atoms. The number of thioether (sulfide) groups is 1. The van der Waals surface area contributed by atoms with Gasteiger partial charge in [0.25, 0.3) is 5.91 Å². The number of anilines is 1. The van der Waals surface area contributed by atoms with Crippen LogP contribution in [0.15, 0.2) is 73.8 Å². The summed E-state index contributed by atoms with van der Waals surface area (Å²) in [5.41, 5.74) is 3.73. The number of para-hydroxylation sites is 1. The third-order valence-corrected chi connectivity index (χ3v) is 11.6. The van der Waals surface area contributed by atoms with Crippen LogP contribution in [0, 0.1) is 25.7 Å². The summed E-state index contributed by atoms with van der Waals surface area (Å²) in [5.74, 6) is -1.75. The smallest absolute Gasteiger partial charge is 0.251 e. The maximum absolute atomic E-state index is 14.9. The Morgan fingerprint density at radius 1 is 1.05 bits per heavy atom. The maximum Gasteiger partial charge on any atom is 0.251 e. The molecular weight excluding hydrogens is 558 g/mol. The molecule has 0 radical (unpaired) electrons. The van der Waals surface area contributed by atoms with Gasteiger partial charge in [0.15, 0.2) is 0 Å². The fourth-order valence-corrected chi connectivity index (χ4v) is 10.1. The van der Waals surface area contributed by atoms with Crippen LogP contribution < -0.4 is 4.90 Å². The van der Waals surface area contributed by atoms with E-state index in [1.165, 1.54) is 0 Å². The first kappa shape index (κ1) is 31.1. The van der Waals surface area contributed by atoms with Gasteiger partial charge in [-0.05, 0) is 57.2 Å². The van der Waals surface area contributed by atoms with Crippen LogP contribution in [0.2, 0.25) is 0 Å². The number of carbonyl (C=O) groups excluding carboxylic acids is 3. The van der Waals surface area contributed by atoms with Gasteiger partial charge in [0.1, 0.15) is 6.04 Å². The zero-order valence-electron chi connectivity index (χ0n) is 25.7. The summed E-state index contributed by atoms with van der Waals surface area (Å²) in [6, 6.07) is 14.3. The predicted molar refractivity (Wildman–Crippen MR) is 173 cm³/mol. The second-order valence-corrected chi connectivity index (χ2v) is 14.4. The van der Waals surface area contributed by atoms with Crippen LogP contribution in [0.25, 0.3) is 0 Å². The van der Waals surface area contributed by atoms with E-state index in [-0.39, 0.29) is 30.9 Å². The summed E-state index contributed by atoms with van der Waals surface area (Å²) in [4.78, 5) is 49.1. The van der Waals surface area contributed by atoms with Crippen molar-refractivity contribution in [2.24, 2.45) is 11.8 Å². The second-order valence-electron chi connectivity index (χ2n) is 12.5. The van der Waals surface area contributed by atoms with E-state index in [0.717, 1.165) is 28.8 Å². The van der Waals surface area contributed by atoms with Crippen molar-refractivity contribution >= 4 is 35.2 Å². The molecule has 2 unspecified atom stereocenters. The Morgan fingerprint density at radius 3 is 2.30 bits per heavy atom. The lowest BCUT2D eigenvalue weighted by atomic mass is 9.66. The van der Waals surface area contributed by atoms with Crippen LogP contribution in [-0.2, 0) is 20.9 Å². The lowest BCUT2D eigenvalue weighted by Crippen LogP contribution is -2.57. The number of fused-ring (bicyclic) bond motifs is 1. The number of rotatable bonds is 11. The summed E-state index contributed by atoms with van der Waals surface area (Å²) in [5, 5.41) is 10.3. The zero-order chi connectivity index (χ0) is 31.1. The SMILES string of the molecule is C=CCN(Cc1ccccc1)C(=O)[C@@H]1[C@H]2C(=O)N([C@H](C)CO)C(C(=O)N(CC=C)c3c(C)cccc3C)C23CC[C@@]1(C)S3. The minimum atomic E-state index is -0.822. The van der Waals surface area contributed by atoms with Crippen LogP contribution in [0.4, 0.5) is 5.69 Å². The molecule has 228 valence electrons. The number of aryl methyl sites for hydroxylation is 2. The Kier molecular flexibility index (Phi) is 8.65. The quantitative estimate of drug-likeness (QED) is 0.371. The second kappa shape index (κ2) is 12.0. The summed E-state index contributed by atoms with van der Waals surface area (Å²) in [6.45, 7) is 16.4. The molecule has 7 nitrogen and oxygen atoms in total. The van der Waals surface area contributed by atoms with Crippen LogP contribution in [0.1, 0.15) is 43.4 Å². The van der Waals surface area contributed by atoms with Gasteiger partial charge in [0.2, 0.25) is 11.8 Å². The van der Waals surface area contributed by atoms with Gasteiger partial charge in [-0.25, -0.2) is 0 Å². The highest BCUT2D eigenvalue weighted by molar-refractivity contribution is 8.02. The van der Waals surface area contributed by atoms with Crippen molar-refractivity contribution in [1.82, 2.24) is 9.80 Å². The first-order valence-corrected chi connectivity index (χ1v) is 15.9. The average molecular weight is 602 g/mol. The Labute approximate surface area is 259 Å². The van der Waals surface area contributed by atoms with Crippen LogP contribution in [-0.4, -0.2) is 73.9 Å². The van der Waals surface area contributed by atoms with Crippen molar-refractivity contribution in [3.63, 3.8) is 0 Å². The summed E-state index contributed by atoms with van der Waals surface area (Å²) in [7, 11) is 0. The van der Waals surface area contributed by atoms with Crippen molar-refractivity contribution < 1.29 is 19.5 Å². The molecule has 3 saturated heterocycles. The third kappa shape index (κ3) is 5.02. The highest BCUT2D eigenvalue weighted by atomic mass is 32.2. The van der Waals surface area contributed by atoms with Gasteiger partial charge >= 0.3 is 0 Å². The fourth-order valence-electron chi connectivity index (χ4n) is 7.77. The Bertz CT molecular complexity index is 1410. The van der Waals surface area contributed by atoms with E-state index in [2.05, 4.69) is 20.1 Å². The lowest BCUT2D eigenvalue weighted by Gasteiger charge is -2.39. The van der Waals surface area contributed by atoms with Crippen molar-refractivity contribution in [1.29, 1.82) is 0 Å². The highest BCUT2D eigenvalue weighted by Crippen LogP contribution is 2.72. The predicted octanol–water partition coefficient (Wildman–Crippen LogP) is 4.90. The van der Waals surface area contributed by atoms with Gasteiger partial charge in [-0.2, -0.15) is 0 Å². The molecule has 0 saturated carbocycles. The molecule has 0 aliphatic carbocycles. The van der Waals surface area contributed by atoms with Gasteiger partial charge in [-0.15, -0.1) is 24.9 Å². The van der Waals surface area contributed by atoms with E-state index in [4.69, 9.17) is 0 Å². The number of nitrogens with zero attached hydrogens (tertiary/aromatic N) is 3. The van der Waals surface area contributed by atoms with E-state index in [1.807, 2.05) is 62.4 Å². The number of aliphatic hydroxyl groups excluding tert-OH is 1.